The number of nitrogens with zero attached hydrogens (tertiary/aromatic N) is 4. The summed E-state index contributed by atoms with van der Waals surface area (Å²) in [6, 6.07) is 14.3. The number of unbranched alkanes of at least 4 members (excludes halogenated alkanes) is 4. The Bertz CT molecular complexity index is 1990. The van der Waals surface area contributed by atoms with E-state index in [0.717, 1.165) is 72.4 Å². The molecule has 55 heavy (non-hydrogen) atoms. The summed E-state index contributed by atoms with van der Waals surface area (Å²) in [4.78, 5) is 56.0. The van der Waals surface area contributed by atoms with Crippen molar-refractivity contribution in [2.45, 2.75) is 110 Å². The highest BCUT2D eigenvalue weighted by Crippen LogP contribution is 2.34. The summed E-state index contributed by atoms with van der Waals surface area (Å²) >= 11 is 0. The van der Waals surface area contributed by atoms with E-state index in [9.17, 15) is 24.3 Å². The zero-order valence-electron chi connectivity index (χ0n) is 31.9. The van der Waals surface area contributed by atoms with E-state index >= 15 is 0 Å². The van der Waals surface area contributed by atoms with Crippen molar-refractivity contribution in [2.75, 3.05) is 29.2 Å². The summed E-state index contributed by atoms with van der Waals surface area (Å²) in [5.74, 6) is 1.41. The number of rotatable bonds is 19. The number of piperidine rings is 1. The molecule has 4 aromatic rings. The molecule has 0 bridgehead atoms. The van der Waals surface area contributed by atoms with Crippen LogP contribution in [0.25, 0.3) is 5.65 Å². The number of hydrogen-bond donors (Lipinski definition) is 5. The molecule has 1 unspecified atom stereocenters. The van der Waals surface area contributed by atoms with Gasteiger partial charge in [0, 0.05) is 47.8 Å². The van der Waals surface area contributed by atoms with Crippen LogP contribution in [0.15, 0.2) is 54.7 Å². The summed E-state index contributed by atoms with van der Waals surface area (Å²) < 4.78 is 7.88. The molecule has 6 rings (SSSR count). The molecule has 4 heterocycles. The molecule has 14 nitrogen and oxygen atoms in total. The molecule has 0 spiro atoms. The van der Waals surface area contributed by atoms with Gasteiger partial charge in [-0.25, -0.2) is 4.98 Å². The molecule has 2 aliphatic rings. The summed E-state index contributed by atoms with van der Waals surface area (Å²) in [5.41, 5.74) is 4.93. The Morgan fingerprint density at radius 3 is 2.58 bits per heavy atom. The zero-order valence-corrected chi connectivity index (χ0v) is 31.9. The molecule has 14 heteroatoms. The summed E-state index contributed by atoms with van der Waals surface area (Å²) in [6.45, 7) is 7.59. The minimum absolute atomic E-state index is 0.0138. The van der Waals surface area contributed by atoms with Crippen molar-refractivity contribution >= 4 is 46.6 Å². The molecule has 2 aromatic carbocycles. The molecule has 1 saturated heterocycles. The molecule has 0 radical (unpaired) electrons. The Hall–Kier alpha value is -5.50. The van der Waals surface area contributed by atoms with Gasteiger partial charge in [-0.3, -0.25) is 24.5 Å². The molecule has 292 valence electrons. The van der Waals surface area contributed by atoms with Crippen LogP contribution in [0.1, 0.15) is 112 Å². The number of benzene rings is 2. The van der Waals surface area contributed by atoms with E-state index in [1.54, 1.807) is 12.1 Å². The molecule has 5 N–H and O–H groups in total. The van der Waals surface area contributed by atoms with E-state index in [1.165, 1.54) is 4.90 Å². The molecular formula is C41H52N8O6. The average Bonchev–Trinajstić information content (AvgIpc) is 3.76. The fourth-order valence-electron chi connectivity index (χ4n) is 6.99. The minimum atomic E-state index is -0.654. The lowest BCUT2D eigenvalue weighted by atomic mass is 10.0. The molecule has 0 saturated carbocycles. The second kappa shape index (κ2) is 18.2. The van der Waals surface area contributed by atoms with E-state index in [4.69, 9.17) is 9.72 Å². The Labute approximate surface area is 321 Å². The molecule has 4 amide bonds. The van der Waals surface area contributed by atoms with Crippen molar-refractivity contribution in [2.24, 2.45) is 0 Å². The average molecular weight is 753 g/mol. The number of ether oxygens (including phenoxy) is 1. The van der Waals surface area contributed by atoms with E-state index in [0.29, 0.717) is 43.1 Å². The monoisotopic (exact) mass is 752 g/mol. The normalized spacial score (nSPS) is 16.0. The quantitative estimate of drug-likeness (QED) is 0.0584. The maximum atomic E-state index is 13.0. The fraction of sp³-hybridized carbons (Fsp3) is 0.463. The minimum Gasteiger partial charge on any atom is -0.493 e. The molecule has 0 aliphatic carbocycles. The number of carbonyl (C=O) groups is 4. The third-order valence-corrected chi connectivity index (χ3v) is 10.2. The van der Waals surface area contributed by atoms with Gasteiger partial charge < -0.3 is 30.7 Å². The molecule has 2 aliphatic heterocycles. The second-order valence-corrected chi connectivity index (χ2v) is 14.6. The maximum Gasteiger partial charge on any atom is 0.255 e. The highest BCUT2D eigenvalue weighted by atomic mass is 16.5. The van der Waals surface area contributed by atoms with Crippen LogP contribution in [-0.2, 0) is 27.5 Å². The lowest BCUT2D eigenvalue weighted by molar-refractivity contribution is -0.137. The van der Waals surface area contributed by atoms with Crippen LogP contribution in [0.5, 0.6) is 5.75 Å². The third kappa shape index (κ3) is 9.60. The zero-order chi connectivity index (χ0) is 38.9. The predicted molar refractivity (Wildman–Crippen MR) is 210 cm³/mol. The van der Waals surface area contributed by atoms with Crippen LogP contribution in [0.4, 0.5) is 17.3 Å². The number of hydrogen-bond acceptors (Lipinski definition) is 10. The number of fused-ring (bicyclic) bond motifs is 2. The maximum absolute atomic E-state index is 13.0. The van der Waals surface area contributed by atoms with Crippen LogP contribution in [-0.4, -0.2) is 73.5 Å². The predicted octanol–water partition coefficient (Wildman–Crippen LogP) is 5.77. The van der Waals surface area contributed by atoms with Crippen molar-refractivity contribution in [1.82, 2.24) is 24.8 Å². The van der Waals surface area contributed by atoms with Gasteiger partial charge in [0.15, 0.2) is 5.65 Å². The molecule has 1 fully saturated rings. The number of aromatic nitrogens is 3. The van der Waals surface area contributed by atoms with E-state index < -0.39 is 11.9 Å². The van der Waals surface area contributed by atoms with Gasteiger partial charge in [0.2, 0.25) is 17.7 Å². The topological polar surface area (TPSA) is 179 Å². The van der Waals surface area contributed by atoms with Gasteiger partial charge in [-0.05, 0) is 61.4 Å². The van der Waals surface area contributed by atoms with Gasteiger partial charge in [0.05, 0.1) is 32.0 Å². The van der Waals surface area contributed by atoms with Crippen LogP contribution < -0.4 is 26.0 Å². The lowest BCUT2D eigenvalue weighted by Crippen LogP contribution is -2.52. The van der Waals surface area contributed by atoms with E-state index in [2.05, 4.69) is 40.2 Å². The fourth-order valence-corrected chi connectivity index (χ4v) is 6.99. The van der Waals surface area contributed by atoms with Crippen LogP contribution in [0.3, 0.4) is 0 Å². The molecule has 2 atom stereocenters. The van der Waals surface area contributed by atoms with Gasteiger partial charge in [-0.15, -0.1) is 0 Å². The number of amides is 4. The summed E-state index contributed by atoms with van der Waals surface area (Å²) in [7, 11) is 0. The Morgan fingerprint density at radius 2 is 1.84 bits per heavy atom. The van der Waals surface area contributed by atoms with Crippen molar-refractivity contribution in [3.8, 4) is 5.75 Å². The van der Waals surface area contributed by atoms with Crippen LogP contribution in [0, 0.1) is 0 Å². The number of carbonyl (C=O) groups excluding carboxylic acids is 4. The number of nitrogens with one attached hydrogen (secondary N) is 4. The SMILES string of the molecule is CC[C@H](CO)Nc1cc(NCc2ccc(NC(=O)CCCCCCCOc3cccc4c3CN(C3CCC(=O)NC3=O)C4=O)cc2)n2ncc(C(C)C)c2n1. The Kier molecular flexibility index (Phi) is 13.0. The van der Waals surface area contributed by atoms with Crippen molar-refractivity contribution in [1.29, 1.82) is 0 Å². The van der Waals surface area contributed by atoms with E-state index in [1.807, 2.05) is 54.0 Å². The summed E-state index contributed by atoms with van der Waals surface area (Å²) in [6.07, 6.45) is 8.10. The first-order chi connectivity index (χ1) is 26.6. The van der Waals surface area contributed by atoms with Gasteiger partial charge in [0.25, 0.3) is 5.91 Å². The molecule has 2 aromatic heterocycles. The smallest absolute Gasteiger partial charge is 0.255 e. The number of anilines is 3. The van der Waals surface area contributed by atoms with Crippen LogP contribution in [0.2, 0.25) is 0 Å². The van der Waals surface area contributed by atoms with Gasteiger partial charge in [0.1, 0.15) is 23.4 Å². The standard InChI is InChI=1S/C41H52N8O6/c1-4-28(25-50)44-35-21-36(49-39(46-35)31(23-43-49)26(2)3)42-22-27-14-16-29(17-15-27)45-37(51)13-8-6-5-7-9-20-55-34-12-10-11-30-32(34)24-48(41(30)54)33-18-19-38(52)47-40(33)53/h10-12,14-17,21,23,26,28,33,42,50H,4-9,13,18-20,22,24-25H2,1-3H3,(H,44,46)(H,45,51)(H,47,52,53)/t28-,33?/m1/s1. The Morgan fingerprint density at radius 1 is 1.05 bits per heavy atom. The van der Waals surface area contributed by atoms with Gasteiger partial charge in [-0.1, -0.05) is 58.2 Å². The largest absolute Gasteiger partial charge is 0.493 e. The van der Waals surface area contributed by atoms with Crippen molar-refractivity contribution in [3.63, 3.8) is 0 Å². The first-order valence-electron chi connectivity index (χ1n) is 19.4. The van der Waals surface area contributed by atoms with Crippen LogP contribution >= 0.6 is 0 Å². The van der Waals surface area contributed by atoms with Crippen molar-refractivity contribution in [3.05, 3.63) is 77.0 Å². The summed E-state index contributed by atoms with van der Waals surface area (Å²) in [5, 5.41) is 26.5. The number of imide groups is 1. The highest BCUT2D eigenvalue weighted by molar-refractivity contribution is 6.05. The lowest BCUT2D eigenvalue weighted by Gasteiger charge is -2.29. The van der Waals surface area contributed by atoms with E-state index in [-0.39, 0.29) is 49.3 Å². The molecular weight excluding hydrogens is 701 g/mol. The Balaban J connectivity index is 0.892. The first-order valence-corrected chi connectivity index (χ1v) is 19.4. The highest BCUT2D eigenvalue weighted by Gasteiger charge is 2.40. The third-order valence-electron chi connectivity index (χ3n) is 10.2. The van der Waals surface area contributed by atoms with Gasteiger partial charge in [-0.2, -0.15) is 9.61 Å². The number of aliphatic hydroxyl groups excluding tert-OH is 1. The first kappa shape index (κ1) is 39.2. The van der Waals surface area contributed by atoms with Gasteiger partial charge >= 0.3 is 0 Å². The van der Waals surface area contributed by atoms with Crippen molar-refractivity contribution < 1.29 is 29.0 Å². The second-order valence-electron chi connectivity index (χ2n) is 14.6. The number of aliphatic hydroxyl groups is 1.